The molecule has 0 saturated carbocycles. The van der Waals surface area contributed by atoms with E-state index < -0.39 is 18.4 Å². The zero-order valence-corrected chi connectivity index (χ0v) is 9.77. The van der Waals surface area contributed by atoms with Crippen LogP contribution >= 0.6 is 0 Å². The van der Waals surface area contributed by atoms with Crippen LogP contribution in [0.4, 0.5) is 4.79 Å². The maximum atomic E-state index is 12.2. The van der Waals surface area contributed by atoms with Crippen LogP contribution in [0.3, 0.4) is 0 Å². The standard InChI is InChI=1S/C11H15N3O4/c15-6-8-7(16)5-10(18-8)14-3-1-9-12-2-4-13(9)11(14)17/h1,3,7-8,10,15-16H,2,4-6H2/t7-,8+,10+/m0/s1. The normalized spacial score (nSPS) is 35.1. The van der Waals surface area contributed by atoms with Crippen LogP contribution < -0.4 is 0 Å². The van der Waals surface area contributed by atoms with E-state index in [4.69, 9.17) is 9.84 Å². The van der Waals surface area contributed by atoms with Gasteiger partial charge in [0.05, 0.1) is 19.3 Å². The molecule has 3 rings (SSSR count). The minimum absolute atomic E-state index is 0.190. The lowest BCUT2D eigenvalue weighted by molar-refractivity contribution is -0.0553. The molecule has 2 N–H and O–H groups in total. The lowest BCUT2D eigenvalue weighted by atomic mass is 10.2. The number of amidine groups is 1. The molecule has 0 spiro atoms. The Morgan fingerprint density at radius 1 is 1.56 bits per heavy atom. The summed E-state index contributed by atoms with van der Waals surface area (Å²) in [4.78, 5) is 19.4. The van der Waals surface area contributed by atoms with Crippen molar-refractivity contribution in [3.63, 3.8) is 0 Å². The number of carbonyl (C=O) groups excluding carboxylic acids is 1. The Morgan fingerprint density at radius 3 is 3.11 bits per heavy atom. The van der Waals surface area contributed by atoms with Gasteiger partial charge in [-0.05, 0) is 6.08 Å². The van der Waals surface area contributed by atoms with Crippen LogP contribution in [-0.2, 0) is 4.74 Å². The molecule has 0 bridgehead atoms. The lowest BCUT2D eigenvalue weighted by Gasteiger charge is -2.32. The second-order valence-electron chi connectivity index (χ2n) is 4.51. The van der Waals surface area contributed by atoms with Crippen LogP contribution in [0.5, 0.6) is 0 Å². The molecule has 0 radical (unpaired) electrons. The van der Waals surface area contributed by atoms with Gasteiger partial charge in [0.2, 0.25) is 0 Å². The molecule has 0 aromatic rings. The quantitative estimate of drug-likeness (QED) is 0.669. The van der Waals surface area contributed by atoms with E-state index in [2.05, 4.69) is 4.99 Å². The predicted octanol–water partition coefficient (Wildman–Crippen LogP) is -0.882. The van der Waals surface area contributed by atoms with Gasteiger partial charge in [0.25, 0.3) is 0 Å². The zero-order valence-electron chi connectivity index (χ0n) is 9.77. The number of aliphatic hydroxyl groups is 2. The summed E-state index contributed by atoms with van der Waals surface area (Å²) in [5, 5.41) is 18.7. The number of urea groups is 1. The van der Waals surface area contributed by atoms with Gasteiger partial charge in [0.15, 0.2) is 0 Å². The molecule has 0 unspecified atom stereocenters. The first-order chi connectivity index (χ1) is 8.70. The van der Waals surface area contributed by atoms with E-state index in [-0.39, 0.29) is 12.6 Å². The Labute approximate surface area is 104 Å². The average Bonchev–Trinajstić information content (AvgIpc) is 2.96. The number of carbonyl (C=O) groups is 1. The van der Waals surface area contributed by atoms with E-state index in [9.17, 15) is 9.90 Å². The summed E-state index contributed by atoms with van der Waals surface area (Å²) >= 11 is 0. The number of amides is 2. The second-order valence-corrected chi connectivity index (χ2v) is 4.51. The van der Waals surface area contributed by atoms with Crippen LogP contribution in [0.1, 0.15) is 6.42 Å². The monoisotopic (exact) mass is 253 g/mol. The summed E-state index contributed by atoms with van der Waals surface area (Å²) in [6.07, 6.45) is 1.81. The van der Waals surface area contributed by atoms with Gasteiger partial charge in [-0.25, -0.2) is 4.79 Å². The first-order valence-electron chi connectivity index (χ1n) is 5.97. The van der Waals surface area contributed by atoms with E-state index in [1.165, 1.54) is 4.90 Å². The highest BCUT2D eigenvalue weighted by atomic mass is 16.5. The molecule has 2 amide bonds. The van der Waals surface area contributed by atoms with Crippen molar-refractivity contribution in [2.45, 2.75) is 24.9 Å². The molecule has 3 aliphatic rings. The lowest BCUT2D eigenvalue weighted by Crippen LogP contribution is -2.49. The Bertz CT molecular complexity index is 423. The fourth-order valence-corrected chi connectivity index (χ4v) is 2.42. The molecular formula is C11H15N3O4. The van der Waals surface area contributed by atoms with E-state index >= 15 is 0 Å². The molecule has 1 saturated heterocycles. The molecule has 3 aliphatic heterocycles. The maximum absolute atomic E-state index is 12.2. The maximum Gasteiger partial charge on any atom is 0.331 e. The Morgan fingerprint density at radius 2 is 2.39 bits per heavy atom. The van der Waals surface area contributed by atoms with Crippen molar-refractivity contribution in [2.75, 3.05) is 19.7 Å². The fourth-order valence-electron chi connectivity index (χ4n) is 2.42. The van der Waals surface area contributed by atoms with Gasteiger partial charge >= 0.3 is 6.03 Å². The molecule has 7 heteroatoms. The van der Waals surface area contributed by atoms with Gasteiger partial charge in [-0.3, -0.25) is 14.8 Å². The molecule has 3 heterocycles. The summed E-state index contributed by atoms with van der Waals surface area (Å²) in [5.41, 5.74) is 0. The van der Waals surface area contributed by atoms with Gasteiger partial charge in [-0.2, -0.15) is 0 Å². The first-order valence-corrected chi connectivity index (χ1v) is 5.97. The van der Waals surface area contributed by atoms with Crippen molar-refractivity contribution in [1.29, 1.82) is 0 Å². The van der Waals surface area contributed by atoms with E-state index in [0.29, 0.717) is 25.3 Å². The number of nitrogens with zero attached hydrogens (tertiary/aromatic N) is 3. The predicted molar refractivity (Wildman–Crippen MR) is 61.8 cm³/mol. The number of rotatable bonds is 2. The summed E-state index contributed by atoms with van der Waals surface area (Å²) in [7, 11) is 0. The van der Waals surface area contributed by atoms with Crippen molar-refractivity contribution in [3.05, 3.63) is 12.3 Å². The van der Waals surface area contributed by atoms with Gasteiger partial charge < -0.3 is 14.9 Å². The molecule has 0 aromatic heterocycles. The van der Waals surface area contributed by atoms with Crippen molar-refractivity contribution < 1.29 is 19.7 Å². The van der Waals surface area contributed by atoms with Gasteiger partial charge in [0, 0.05) is 19.2 Å². The largest absolute Gasteiger partial charge is 0.394 e. The zero-order chi connectivity index (χ0) is 12.7. The van der Waals surface area contributed by atoms with Crippen molar-refractivity contribution >= 4 is 11.9 Å². The third-order valence-electron chi connectivity index (χ3n) is 3.40. The number of hydrogen-bond donors (Lipinski definition) is 2. The van der Waals surface area contributed by atoms with Crippen molar-refractivity contribution in [3.8, 4) is 0 Å². The SMILES string of the molecule is O=C1N2CCN=C2C=CN1[C@H]1C[C@H](O)[C@@H](CO)O1. The molecule has 3 atom stereocenters. The third-order valence-corrected chi connectivity index (χ3v) is 3.40. The van der Waals surface area contributed by atoms with E-state index in [1.54, 1.807) is 17.2 Å². The Balaban J connectivity index is 1.76. The van der Waals surface area contributed by atoms with Gasteiger partial charge in [-0.1, -0.05) is 0 Å². The fraction of sp³-hybridized carbons (Fsp3) is 0.636. The average molecular weight is 253 g/mol. The molecule has 1 fully saturated rings. The second kappa shape index (κ2) is 4.34. The first kappa shape index (κ1) is 11.6. The molecular weight excluding hydrogens is 238 g/mol. The molecule has 0 aliphatic carbocycles. The van der Waals surface area contributed by atoms with Crippen LogP contribution in [0.15, 0.2) is 17.3 Å². The number of aliphatic imine (C=N–C) groups is 1. The Hall–Kier alpha value is -1.44. The number of ether oxygens (including phenoxy) is 1. The molecule has 18 heavy (non-hydrogen) atoms. The minimum Gasteiger partial charge on any atom is -0.394 e. The molecule has 0 aromatic carbocycles. The van der Waals surface area contributed by atoms with Crippen molar-refractivity contribution in [1.82, 2.24) is 9.80 Å². The number of hydrogen-bond acceptors (Lipinski definition) is 5. The third kappa shape index (κ3) is 1.71. The smallest absolute Gasteiger partial charge is 0.331 e. The van der Waals surface area contributed by atoms with Gasteiger partial charge in [-0.15, -0.1) is 0 Å². The van der Waals surface area contributed by atoms with Crippen LogP contribution in [0.25, 0.3) is 0 Å². The van der Waals surface area contributed by atoms with E-state index in [0.717, 1.165) is 0 Å². The van der Waals surface area contributed by atoms with E-state index in [1.807, 2.05) is 0 Å². The van der Waals surface area contributed by atoms with Crippen molar-refractivity contribution in [2.24, 2.45) is 4.99 Å². The number of fused-ring (bicyclic) bond motifs is 1. The Kier molecular flexibility index (Phi) is 2.81. The topological polar surface area (TPSA) is 85.6 Å². The minimum atomic E-state index is -0.741. The highest BCUT2D eigenvalue weighted by Crippen LogP contribution is 2.26. The van der Waals surface area contributed by atoms with Crippen LogP contribution in [0.2, 0.25) is 0 Å². The van der Waals surface area contributed by atoms with Crippen LogP contribution in [-0.4, -0.2) is 70.0 Å². The highest BCUT2D eigenvalue weighted by Gasteiger charge is 2.41. The molecule has 98 valence electrons. The van der Waals surface area contributed by atoms with Crippen LogP contribution in [0, 0.1) is 0 Å². The summed E-state index contributed by atoms with van der Waals surface area (Å²) in [6, 6.07) is -0.190. The summed E-state index contributed by atoms with van der Waals surface area (Å²) < 4.78 is 5.47. The highest BCUT2D eigenvalue weighted by molar-refractivity contribution is 6.07. The van der Waals surface area contributed by atoms with Gasteiger partial charge in [0.1, 0.15) is 18.2 Å². The number of aliphatic hydroxyl groups excluding tert-OH is 2. The summed E-state index contributed by atoms with van der Waals surface area (Å²) in [6.45, 7) is 0.945. The summed E-state index contributed by atoms with van der Waals surface area (Å²) in [5.74, 6) is 0.675. The molecule has 7 nitrogen and oxygen atoms in total.